The third-order valence-corrected chi connectivity index (χ3v) is 3.29. The predicted molar refractivity (Wildman–Crippen MR) is 66.5 cm³/mol. The number of hydrogen-bond acceptors (Lipinski definition) is 3. The van der Waals surface area contributed by atoms with Crippen LogP contribution in [0, 0.1) is 11.7 Å². The topological polar surface area (TPSA) is 94.9 Å². The van der Waals surface area contributed by atoms with E-state index in [1.54, 1.807) is 0 Å². The van der Waals surface area contributed by atoms with E-state index in [1.807, 2.05) is 0 Å². The van der Waals surface area contributed by atoms with Gasteiger partial charge in [0.1, 0.15) is 5.82 Å². The van der Waals surface area contributed by atoms with Gasteiger partial charge in [0, 0.05) is 13.0 Å². The smallest absolute Gasteiger partial charge is 0.337 e. The van der Waals surface area contributed by atoms with Crippen molar-refractivity contribution in [3.63, 3.8) is 0 Å². The normalized spacial score (nSPS) is 18.4. The Labute approximate surface area is 117 Å². The zero-order valence-corrected chi connectivity index (χ0v) is 10.7. The van der Waals surface area contributed by atoms with E-state index in [9.17, 15) is 18.8 Å². The van der Waals surface area contributed by atoms with E-state index in [0.29, 0.717) is 0 Å². The largest absolute Gasteiger partial charge is 0.481 e. The van der Waals surface area contributed by atoms with E-state index in [2.05, 4.69) is 0 Å². The first-order valence-electron chi connectivity index (χ1n) is 5.56. The van der Waals surface area contributed by atoms with Gasteiger partial charge < -0.3 is 15.1 Å². The molecule has 1 aliphatic rings. The monoisotopic (exact) mass is 301 g/mol. The average molecular weight is 302 g/mol. The lowest BCUT2D eigenvalue weighted by molar-refractivity contribution is -0.141. The molecule has 1 unspecified atom stereocenters. The summed E-state index contributed by atoms with van der Waals surface area (Å²) in [5.74, 6) is -4.96. The summed E-state index contributed by atoms with van der Waals surface area (Å²) in [7, 11) is 0. The number of aromatic carboxylic acids is 1. The van der Waals surface area contributed by atoms with Crippen LogP contribution in [0.3, 0.4) is 0 Å². The fourth-order valence-electron chi connectivity index (χ4n) is 2.09. The van der Waals surface area contributed by atoms with Gasteiger partial charge in [-0.05, 0) is 12.1 Å². The predicted octanol–water partition coefficient (Wildman–Crippen LogP) is 1.61. The molecule has 1 aromatic carbocycles. The first-order chi connectivity index (χ1) is 9.31. The van der Waals surface area contributed by atoms with Crippen molar-refractivity contribution in [2.75, 3.05) is 11.4 Å². The molecule has 1 saturated heterocycles. The van der Waals surface area contributed by atoms with Crippen LogP contribution in [0.2, 0.25) is 5.02 Å². The molecule has 0 spiro atoms. The zero-order chi connectivity index (χ0) is 15.0. The molecule has 1 aliphatic heterocycles. The van der Waals surface area contributed by atoms with Crippen LogP contribution in [-0.2, 0) is 9.59 Å². The van der Waals surface area contributed by atoms with Crippen LogP contribution < -0.4 is 4.90 Å². The van der Waals surface area contributed by atoms with Crippen molar-refractivity contribution in [1.29, 1.82) is 0 Å². The summed E-state index contributed by atoms with van der Waals surface area (Å²) in [6, 6.07) is 1.62. The highest BCUT2D eigenvalue weighted by molar-refractivity contribution is 6.35. The van der Waals surface area contributed by atoms with Crippen LogP contribution in [-0.4, -0.2) is 34.6 Å². The Hall–Kier alpha value is -2.15. The highest BCUT2D eigenvalue weighted by Gasteiger charge is 2.37. The second kappa shape index (κ2) is 5.09. The molecule has 20 heavy (non-hydrogen) atoms. The molecule has 0 saturated carbocycles. The van der Waals surface area contributed by atoms with Crippen molar-refractivity contribution in [3.8, 4) is 0 Å². The number of nitrogens with zero attached hydrogens (tertiary/aromatic N) is 1. The Bertz CT molecular complexity index is 618. The van der Waals surface area contributed by atoms with E-state index >= 15 is 0 Å². The molecular formula is C12H9ClFNO5. The van der Waals surface area contributed by atoms with Gasteiger partial charge in [0.15, 0.2) is 0 Å². The third-order valence-electron chi connectivity index (χ3n) is 3.00. The van der Waals surface area contributed by atoms with E-state index in [4.69, 9.17) is 21.8 Å². The van der Waals surface area contributed by atoms with E-state index in [1.165, 1.54) is 0 Å². The van der Waals surface area contributed by atoms with Gasteiger partial charge in [-0.3, -0.25) is 9.59 Å². The number of carbonyl (C=O) groups excluding carboxylic acids is 1. The minimum atomic E-state index is -1.45. The Kier molecular flexibility index (Phi) is 3.63. The lowest BCUT2D eigenvalue weighted by Gasteiger charge is -2.20. The summed E-state index contributed by atoms with van der Waals surface area (Å²) in [5.41, 5.74) is -0.649. The van der Waals surface area contributed by atoms with Crippen molar-refractivity contribution < 1.29 is 29.0 Å². The number of aliphatic carboxylic acids is 1. The summed E-state index contributed by atoms with van der Waals surface area (Å²) in [6.45, 7) is -0.195. The summed E-state index contributed by atoms with van der Waals surface area (Å²) in [4.78, 5) is 34.8. The average Bonchev–Trinajstić information content (AvgIpc) is 2.70. The molecule has 0 bridgehead atoms. The molecule has 0 radical (unpaired) electrons. The quantitative estimate of drug-likeness (QED) is 0.884. The van der Waals surface area contributed by atoms with Crippen LogP contribution in [0.15, 0.2) is 12.1 Å². The van der Waals surface area contributed by atoms with Crippen LogP contribution in [0.5, 0.6) is 0 Å². The van der Waals surface area contributed by atoms with Gasteiger partial charge in [0.05, 0.1) is 22.2 Å². The van der Waals surface area contributed by atoms with Crippen LogP contribution in [0.4, 0.5) is 10.1 Å². The van der Waals surface area contributed by atoms with Crippen molar-refractivity contribution >= 4 is 35.1 Å². The number of benzene rings is 1. The van der Waals surface area contributed by atoms with Crippen molar-refractivity contribution in [1.82, 2.24) is 0 Å². The van der Waals surface area contributed by atoms with Crippen molar-refractivity contribution in [2.45, 2.75) is 6.42 Å². The molecule has 1 fully saturated rings. The van der Waals surface area contributed by atoms with Crippen LogP contribution >= 0.6 is 11.6 Å². The minimum Gasteiger partial charge on any atom is -0.481 e. The SMILES string of the molecule is O=C(O)c1cc(F)cc(Cl)c1N1CC(C(=O)O)CC1=O. The van der Waals surface area contributed by atoms with Gasteiger partial charge in [-0.2, -0.15) is 0 Å². The molecule has 0 aliphatic carbocycles. The number of halogens is 2. The molecular weight excluding hydrogens is 293 g/mol. The van der Waals surface area contributed by atoms with Gasteiger partial charge in [-0.15, -0.1) is 0 Å². The highest BCUT2D eigenvalue weighted by Crippen LogP contribution is 2.35. The fourth-order valence-corrected chi connectivity index (χ4v) is 2.40. The number of rotatable bonds is 3. The van der Waals surface area contributed by atoms with Crippen LogP contribution in [0.25, 0.3) is 0 Å². The summed E-state index contributed by atoms with van der Waals surface area (Å²) in [5, 5.41) is 17.7. The fraction of sp³-hybridized carbons (Fsp3) is 0.250. The standard InChI is InChI=1S/C12H9ClFNO5/c13-8-3-6(14)2-7(12(19)20)10(8)15-4-5(11(17)18)1-9(15)16/h2-3,5H,1,4H2,(H,17,18)(H,19,20). The van der Waals surface area contributed by atoms with Gasteiger partial charge in [-0.25, -0.2) is 9.18 Å². The summed E-state index contributed by atoms with van der Waals surface area (Å²) in [6.07, 6.45) is -0.248. The number of carboxylic acid groups (broad SMARTS) is 2. The molecule has 2 N–H and O–H groups in total. The molecule has 0 aromatic heterocycles. The molecule has 1 heterocycles. The van der Waals surface area contributed by atoms with Gasteiger partial charge >= 0.3 is 11.9 Å². The molecule has 1 amide bonds. The lowest BCUT2D eigenvalue weighted by atomic mass is 10.1. The van der Waals surface area contributed by atoms with Gasteiger partial charge in [0.25, 0.3) is 0 Å². The summed E-state index contributed by atoms with van der Waals surface area (Å²) < 4.78 is 13.2. The number of anilines is 1. The second-order valence-corrected chi connectivity index (χ2v) is 4.74. The molecule has 2 rings (SSSR count). The van der Waals surface area contributed by atoms with Gasteiger partial charge in [-0.1, -0.05) is 11.6 Å². The number of hydrogen-bond donors (Lipinski definition) is 2. The number of carboxylic acids is 2. The van der Waals surface area contributed by atoms with Gasteiger partial charge in [0.2, 0.25) is 5.91 Å². The minimum absolute atomic E-state index is 0.172. The Morgan fingerprint density at radius 1 is 1.35 bits per heavy atom. The van der Waals surface area contributed by atoms with Crippen molar-refractivity contribution in [2.24, 2.45) is 5.92 Å². The van der Waals surface area contributed by atoms with Crippen LogP contribution in [0.1, 0.15) is 16.8 Å². The highest BCUT2D eigenvalue weighted by atomic mass is 35.5. The Morgan fingerprint density at radius 2 is 2.00 bits per heavy atom. The molecule has 6 nitrogen and oxygen atoms in total. The number of carbonyl (C=O) groups is 3. The second-order valence-electron chi connectivity index (χ2n) is 4.33. The third kappa shape index (κ3) is 2.44. The maximum absolute atomic E-state index is 13.2. The first kappa shape index (κ1) is 14.3. The zero-order valence-electron chi connectivity index (χ0n) is 9.97. The Morgan fingerprint density at radius 3 is 2.50 bits per heavy atom. The maximum atomic E-state index is 13.2. The molecule has 1 aromatic rings. The lowest BCUT2D eigenvalue weighted by Crippen LogP contribution is -2.28. The Balaban J connectivity index is 2.50. The molecule has 1 atom stereocenters. The first-order valence-corrected chi connectivity index (χ1v) is 5.94. The molecule has 8 heteroatoms. The van der Waals surface area contributed by atoms with E-state index < -0.39 is 35.1 Å². The van der Waals surface area contributed by atoms with E-state index in [-0.39, 0.29) is 23.7 Å². The summed E-state index contributed by atoms with van der Waals surface area (Å²) >= 11 is 5.81. The number of amides is 1. The van der Waals surface area contributed by atoms with Crippen molar-refractivity contribution in [3.05, 3.63) is 28.5 Å². The maximum Gasteiger partial charge on any atom is 0.337 e. The molecule has 106 valence electrons. The van der Waals surface area contributed by atoms with E-state index in [0.717, 1.165) is 17.0 Å².